The molecule has 1 fully saturated rings. The normalized spacial score (nSPS) is 15.1. The van der Waals surface area contributed by atoms with Crippen molar-refractivity contribution < 1.29 is 0 Å². The second-order valence-electron chi connectivity index (χ2n) is 6.86. The van der Waals surface area contributed by atoms with E-state index < -0.39 is 0 Å². The first kappa shape index (κ1) is 18.6. The van der Waals surface area contributed by atoms with Gasteiger partial charge in [0.05, 0.1) is 16.4 Å². The van der Waals surface area contributed by atoms with Crippen molar-refractivity contribution >= 4 is 22.3 Å². The molecule has 1 N–H and O–H groups in total. The summed E-state index contributed by atoms with van der Waals surface area (Å²) in [6.45, 7) is 6.70. The fourth-order valence-electron chi connectivity index (χ4n) is 3.53. The van der Waals surface area contributed by atoms with E-state index in [0.29, 0.717) is 6.54 Å². The molecule has 0 atom stereocenters. The van der Waals surface area contributed by atoms with Gasteiger partial charge in [-0.2, -0.15) is 5.10 Å². The topological polar surface area (TPSA) is 48.7 Å². The van der Waals surface area contributed by atoms with Crippen molar-refractivity contribution in [3.63, 3.8) is 0 Å². The average Bonchev–Trinajstić information content (AvgIpc) is 3.41. The van der Waals surface area contributed by atoms with E-state index in [9.17, 15) is 0 Å². The Bertz CT molecular complexity index is 922. The fourth-order valence-corrected chi connectivity index (χ4v) is 4.31. The van der Waals surface area contributed by atoms with E-state index in [0.717, 1.165) is 43.5 Å². The zero-order valence-electron chi connectivity index (χ0n) is 16.4. The highest BCUT2D eigenvalue weighted by Gasteiger charge is 2.20. The van der Waals surface area contributed by atoms with Crippen molar-refractivity contribution in [2.75, 3.05) is 38.1 Å². The molecule has 0 aliphatic carbocycles. The van der Waals surface area contributed by atoms with E-state index in [1.54, 1.807) is 11.3 Å². The molecule has 1 aliphatic heterocycles. The van der Waals surface area contributed by atoms with Gasteiger partial charge in [-0.05, 0) is 42.1 Å². The maximum Gasteiger partial charge on any atom is 0.194 e. The molecule has 0 spiro atoms. The van der Waals surface area contributed by atoms with Crippen LogP contribution in [0.3, 0.4) is 0 Å². The summed E-state index contributed by atoms with van der Waals surface area (Å²) in [7, 11) is 1.86. The Morgan fingerprint density at radius 2 is 1.93 bits per heavy atom. The molecule has 0 unspecified atom stereocenters. The van der Waals surface area contributed by atoms with Crippen LogP contribution in [0.5, 0.6) is 0 Å². The lowest BCUT2D eigenvalue weighted by molar-refractivity contribution is 0.373. The quantitative estimate of drug-likeness (QED) is 0.546. The molecule has 4 rings (SSSR count). The highest BCUT2D eigenvalue weighted by atomic mass is 32.1. The van der Waals surface area contributed by atoms with Gasteiger partial charge in [-0.25, -0.2) is 4.68 Å². The summed E-state index contributed by atoms with van der Waals surface area (Å²) in [6.07, 6.45) is 2.01. The van der Waals surface area contributed by atoms with E-state index in [-0.39, 0.29) is 0 Å². The van der Waals surface area contributed by atoms with Gasteiger partial charge < -0.3 is 15.1 Å². The molecule has 28 heavy (non-hydrogen) atoms. The Balaban J connectivity index is 1.39. The van der Waals surface area contributed by atoms with Gasteiger partial charge in [0.15, 0.2) is 5.96 Å². The maximum atomic E-state index is 4.56. The van der Waals surface area contributed by atoms with Crippen LogP contribution in [0.1, 0.15) is 11.3 Å². The van der Waals surface area contributed by atoms with Crippen LogP contribution < -0.4 is 10.2 Å². The minimum absolute atomic E-state index is 0.715. The van der Waals surface area contributed by atoms with E-state index >= 15 is 0 Å². The Morgan fingerprint density at radius 1 is 1.11 bits per heavy atom. The zero-order chi connectivity index (χ0) is 19.3. The molecule has 1 aromatic carbocycles. The Morgan fingerprint density at radius 3 is 2.61 bits per heavy atom. The number of aromatic nitrogens is 2. The molecule has 3 aromatic rings. The summed E-state index contributed by atoms with van der Waals surface area (Å²) in [5.74, 6) is 0.956. The largest absolute Gasteiger partial charge is 0.360 e. The molecule has 0 bridgehead atoms. The van der Waals surface area contributed by atoms with Gasteiger partial charge in [-0.15, -0.1) is 11.3 Å². The summed E-state index contributed by atoms with van der Waals surface area (Å²) in [5.41, 5.74) is 3.31. The molecule has 7 heteroatoms. The van der Waals surface area contributed by atoms with Crippen molar-refractivity contribution in [3.05, 3.63) is 65.3 Å². The summed E-state index contributed by atoms with van der Waals surface area (Å²) >= 11 is 1.81. The molecule has 1 aliphatic rings. The fraction of sp³-hybridized carbons (Fsp3) is 0.333. The summed E-state index contributed by atoms with van der Waals surface area (Å²) < 4.78 is 1.94. The lowest BCUT2D eigenvalue weighted by Gasteiger charge is -2.37. The molecule has 0 saturated carbocycles. The van der Waals surface area contributed by atoms with Gasteiger partial charge in [-0.3, -0.25) is 4.99 Å². The highest BCUT2D eigenvalue weighted by molar-refractivity contribution is 7.14. The van der Waals surface area contributed by atoms with Crippen LogP contribution in [0.2, 0.25) is 0 Å². The number of benzene rings is 1. The highest BCUT2D eigenvalue weighted by Crippen LogP contribution is 2.22. The second kappa shape index (κ2) is 8.48. The number of hydrogen-bond donors (Lipinski definition) is 1. The molecule has 146 valence electrons. The van der Waals surface area contributed by atoms with Gasteiger partial charge in [0, 0.05) is 46.0 Å². The number of anilines is 1. The molecule has 1 saturated heterocycles. The Kier molecular flexibility index (Phi) is 5.62. The first-order valence-electron chi connectivity index (χ1n) is 9.59. The smallest absolute Gasteiger partial charge is 0.194 e. The van der Waals surface area contributed by atoms with E-state index in [1.807, 2.05) is 30.9 Å². The van der Waals surface area contributed by atoms with Crippen LogP contribution in [-0.4, -0.2) is 53.9 Å². The van der Waals surface area contributed by atoms with Gasteiger partial charge >= 0.3 is 0 Å². The van der Waals surface area contributed by atoms with Gasteiger partial charge in [0.25, 0.3) is 0 Å². The predicted molar refractivity (Wildman–Crippen MR) is 117 cm³/mol. The first-order chi connectivity index (χ1) is 13.7. The van der Waals surface area contributed by atoms with Gasteiger partial charge in [0.2, 0.25) is 0 Å². The summed E-state index contributed by atoms with van der Waals surface area (Å²) in [5, 5.41) is 11.6. The minimum Gasteiger partial charge on any atom is -0.360 e. The third-order valence-electron chi connectivity index (χ3n) is 5.01. The summed E-state index contributed by atoms with van der Waals surface area (Å²) in [6, 6.07) is 14.7. The van der Waals surface area contributed by atoms with Crippen molar-refractivity contribution in [1.82, 2.24) is 20.0 Å². The molecule has 2 aromatic heterocycles. The standard InChI is InChI=1S/C21H26N6S/c1-17-9-10-27(24-17)19-7-4-3-6-18(19)16-23-21(22-2)26-13-11-25(12-14-26)20-8-5-15-28-20/h3-10,15H,11-14,16H2,1-2H3,(H,22,23). The number of piperazine rings is 1. The van der Waals surface area contributed by atoms with Crippen molar-refractivity contribution in [2.45, 2.75) is 13.5 Å². The van der Waals surface area contributed by atoms with E-state index in [4.69, 9.17) is 0 Å². The molecule has 3 heterocycles. The number of nitrogens with one attached hydrogen (secondary N) is 1. The molecule has 0 radical (unpaired) electrons. The zero-order valence-corrected chi connectivity index (χ0v) is 17.2. The molecule has 0 amide bonds. The number of aliphatic imine (C=N–C) groups is 1. The van der Waals surface area contributed by atoms with Crippen LogP contribution in [0.15, 0.2) is 59.0 Å². The number of thiophene rings is 1. The molecule has 6 nitrogen and oxygen atoms in total. The second-order valence-corrected chi connectivity index (χ2v) is 7.78. The van der Waals surface area contributed by atoms with Crippen LogP contribution in [-0.2, 0) is 6.54 Å². The number of aryl methyl sites for hydroxylation is 1. The van der Waals surface area contributed by atoms with Crippen molar-refractivity contribution in [1.29, 1.82) is 0 Å². The minimum atomic E-state index is 0.715. The van der Waals surface area contributed by atoms with Crippen LogP contribution in [0, 0.1) is 6.92 Å². The summed E-state index contributed by atoms with van der Waals surface area (Å²) in [4.78, 5) is 9.30. The first-order valence-corrected chi connectivity index (χ1v) is 10.5. The maximum absolute atomic E-state index is 4.56. The Labute approximate surface area is 170 Å². The number of rotatable bonds is 4. The number of para-hydroxylation sites is 1. The van der Waals surface area contributed by atoms with Gasteiger partial charge in [0.1, 0.15) is 0 Å². The third-order valence-corrected chi connectivity index (χ3v) is 5.94. The van der Waals surface area contributed by atoms with E-state index in [2.05, 4.69) is 67.0 Å². The molecular formula is C21H26N6S. The van der Waals surface area contributed by atoms with Crippen LogP contribution in [0.4, 0.5) is 5.00 Å². The SMILES string of the molecule is CN=C(NCc1ccccc1-n1ccc(C)n1)N1CCN(c2cccs2)CC1. The Hall–Kier alpha value is -2.80. The van der Waals surface area contributed by atoms with Crippen molar-refractivity contribution in [2.24, 2.45) is 4.99 Å². The third kappa shape index (κ3) is 4.04. The number of guanidine groups is 1. The van der Waals surface area contributed by atoms with Crippen molar-refractivity contribution in [3.8, 4) is 5.69 Å². The molecular weight excluding hydrogens is 368 g/mol. The predicted octanol–water partition coefficient (Wildman–Crippen LogP) is 3.14. The lowest BCUT2D eigenvalue weighted by Crippen LogP contribution is -2.52. The lowest BCUT2D eigenvalue weighted by atomic mass is 10.2. The number of nitrogens with zero attached hydrogens (tertiary/aromatic N) is 5. The van der Waals surface area contributed by atoms with Crippen LogP contribution in [0.25, 0.3) is 5.69 Å². The monoisotopic (exact) mass is 394 g/mol. The van der Waals surface area contributed by atoms with Crippen LogP contribution >= 0.6 is 11.3 Å². The van der Waals surface area contributed by atoms with E-state index in [1.165, 1.54) is 10.6 Å². The average molecular weight is 395 g/mol. The van der Waals surface area contributed by atoms with Gasteiger partial charge in [-0.1, -0.05) is 18.2 Å². The number of hydrogen-bond acceptors (Lipinski definition) is 4.